The lowest BCUT2D eigenvalue weighted by atomic mass is 9.91. The third-order valence-corrected chi connectivity index (χ3v) is 21.8. The molecule has 6 aliphatic rings. The molecule has 9 aromatic rings. The van der Waals surface area contributed by atoms with E-state index in [4.69, 9.17) is 74.9 Å². The van der Waals surface area contributed by atoms with Gasteiger partial charge in [0, 0.05) is 29.3 Å². The average Bonchev–Trinajstić information content (AvgIpc) is 1.56. The number of anilines is 6. The van der Waals surface area contributed by atoms with Gasteiger partial charge in [0.1, 0.15) is 56.1 Å². The Bertz CT molecular complexity index is 5590. The Morgan fingerprint density at radius 1 is 0.470 bits per heavy atom. The monoisotopic (exact) mass is 1710 g/mol. The number of carbonyl (C=O) groups excluding carboxylic acids is 6. The number of nitriles is 1. The number of aromatic nitrogens is 6. The van der Waals surface area contributed by atoms with Crippen molar-refractivity contribution in [2.75, 3.05) is 14.7 Å². The van der Waals surface area contributed by atoms with Crippen molar-refractivity contribution >= 4 is 158 Å². The summed E-state index contributed by atoms with van der Waals surface area (Å²) in [6.07, 6.45) is -4.39. The highest BCUT2D eigenvalue weighted by molar-refractivity contribution is 6.37. The van der Waals surface area contributed by atoms with E-state index in [9.17, 15) is 93.6 Å². The zero-order chi connectivity index (χ0) is 83.5. The molecule has 3 aliphatic heterocycles. The van der Waals surface area contributed by atoms with Gasteiger partial charge >= 0.3 is 30.4 Å². The summed E-state index contributed by atoms with van der Waals surface area (Å²) >= 11 is 36.2. The molecule has 0 unspecified atom stereocenters. The minimum Gasteiger partial charge on any atom is -0.480 e. The highest BCUT2D eigenvalue weighted by Gasteiger charge is 2.59. The van der Waals surface area contributed by atoms with E-state index in [1.54, 1.807) is 31.2 Å². The number of nitrogens with one attached hydrogen (secondary N) is 3. The molecule has 3 fully saturated rings. The van der Waals surface area contributed by atoms with E-state index in [0.29, 0.717) is 22.3 Å². The van der Waals surface area contributed by atoms with Gasteiger partial charge in [0.2, 0.25) is 17.8 Å². The van der Waals surface area contributed by atoms with Gasteiger partial charge in [-0.2, -0.15) is 18.4 Å². The third kappa shape index (κ3) is 15.2. The van der Waals surface area contributed by atoms with Crippen molar-refractivity contribution < 1.29 is 98.3 Å². The van der Waals surface area contributed by atoms with Crippen LogP contribution in [0.3, 0.4) is 0 Å². The average molecular weight is 1710 g/mol. The van der Waals surface area contributed by atoms with Crippen LogP contribution in [0.25, 0.3) is 0 Å². The largest absolute Gasteiger partial charge is 0.573 e. The van der Waals surface area contributed by atoms with Crippen LogP contribution in [0.1, 0.15) is 119 Å². The summed E-state index contributed by atoms with van der Waals surface area (Å²) in [5.74, 6) is -9.62. The van der Waals surface area contributed by atoms with Crippen LogP contribution in [-0.4, -0.2) is 120 Å². The van der Waals surface area contributed by atoms with Gasteiger partial charge in [-0.25, -0.2) is 52.8 Å². The van der Waals surface area contributed by atoms with Crippen molar-refractivity contribution in [3.05, 3.63) is 221 Å². The number of nitrogens with zero attached hydrogens (tertiary/aromatic N) is 10. The standard InChI is InChI=1S/C25H18Cl2F4N4O5.C25H19Cl2F3N4O4.C25H18Cl2FN5O4/c1-23(10-12-2-4-14(5-3-12)40-25(29,30)31)20(37)34(13-8-15(26)18(28)16(27)9-13)22-32-11-17(35(22)23)19(36)33-24(6-7-24)21(38)39;1-23(11-13-2-4-14(5-3-13)25(28,29)30)20(36)33(17-9-15(26)8-16(27)10-17)22-31-12-18(34(22)23)19(35)32-24(6-7-24)21(37)38;1-24(10-13-2-4-14(11-29)5-3-13)21(35)32(15-8-16(26)19(28)17(27)9-15)23-30-12-18(33(23)24)20(34)31-25(6-7-25)22(36)37/h2-5,8-9,11H,6-7,10H2,1H3,(H,33,36)(H,38,39);2-5,8-10,12H,6-7,11H2,1H3,(H,32,35)(H,37,38);2-5,8-9,12H,6-7,10H2,1H3,(H,31,34)(H,36,37)/t2*23-;24-/m111/s1. The molecule has 6 heterocycles. The summed E-state index contributed by atoms with van der Waals surface area (Å²) in [6.45, 7) is 4.63. The summed E-state index contributed by atoms with van der Waals surface area (Å²) < 4.78 is 113. The number of rotatable bonds is 19. The summed E-state index contributed by atoms with van der Waals surface area (Å²) in [7, 11) is 0. The SMILES string of the molecule is C[C@@]1(Cc2ccc(C#N)cc2)C(=O)N(c2cc(Cl)c(F)c(Cl)c2)c2ncc(C(=O)NC3(C(=O)O)CC3)n21.C[C@@]1(Cc2ccc(C(F)(F)F)cc2)C(=O)N(c2cc(Cl)cc(Cl)c2)c2ncc(C(=O)NC3(C(=O)O)CC3)n21.C[C@@]1(Cc2ccc(OC(F)(F)F)cc2)C(=O)N(c2cc(Cl)c(F)c(Cl)c2)c2ncc(C(=O)NC3(C(=O)O)CC3)n21. The van der Waals surface area contributed by atoms with E-state index in [0.717, 1.165) is 47.5 Å². The topological polar surface area (TPSA) is 347 Å². The van der Waals surface area contributed by atoms with Gasteiger partial charge in [-0.3, -0.25) is 42.5 Å². The summed E-state index contributed by atoms with van der Waals surface area (Å²) in [6, 6.07) is 27.0. The second kappa shape index (κ2) is 29.5. The fourth-order valence-corrected chi connectivity index (χ4v) is 15.3. The Labute approximate surface area is 673 Å². The van der Waals surface area contributed by atoms with Crippen molar-refractivity contribution in [1.82, 2.24) is 44.6 Å². The van der Waals surface area contributed by atoms with Crippen LogP contribution >= 0.6 is 69.6 Å². The molecule has 0 saturated heterocycles. The number of alkyl halides is 6. The molecule has 3 aromatic heterocycles. The molecular weight excluding hydrogens is 1660 g/mol. The molecule has 3 atom stereocenters. The maximum atomic E-state index is 14.1. The van der Waals surface area contributed by atoms with Crippen molar-refractivity contribution in [3.63, 3.8) is 0 Å². The van der Waals surface area contributed by atoms with Gasteiger partial charge in [0.05, 0.1) is 72.9 Å². The molecule has 115 heavy (non-hydrogen) atoms. The lowest BCUT2D eigenvalue weighted by molar-refractivity contribution is -0.274. The first-order valence-corrected chi connectivity index (χ1v) is 36.4. The molecule has 26 nitrogen and oxygen atoms in total. The Morgan fingerprint density at radius 2 is 0.757 bits per heavy atom. The normalized spacial score (nSPS) is 19.5. The molecule has 0 bridgehead atoms. The van der Waals surface area contributed by atoms with E-state index in [2.05, 4.69) is 35.6 Å². The second-order valence-electron chi connectivity index (χ2n) is 28.4. The Balaban J connectivity index is 0.000000150. The van der Waals surface area contributed by atoms with E-state index in [-0.39, 0.29) is 140 Å². The first-order chi connectivity index (χ1) is 53.9. The molecule has 0 spiro atoms. The van der Waals surface area contributed by atoms with Crippen molar-refractivity contribution in [1.29, 1.82) is 5.26 Å². The van der Waals surface area contributed by atoms with Crippen LogP contribution in [0.15, 0.2) is 134 Å². The number of ether oxygens (including phenoxy) is 1. The Hall–Kier alpha value is -11.4. The molecule has 15 rings (SSSR count). The van der Waals surface area contributed by atoms with Gasteiger partial charge in [-0.05, 0) is 155 Å². The lowest BCUT2D eigenvalue weighted by Gasteiger charge is -2.27. The van der Waals surface area contributed by atoms with E-state index in [1.807, 2.05) is 6.07 Å². The lowest BCUT2D eigenvalue weighted by Crippen LogP contribution is -2.46. The maximum absolute atomic E-state index is 14.1. The smallest absolute Gasteiger partial charge is 0.480 e. The molecule has 3 aliphatic carbocycles. The molecule has 6 amide bonds. The molecule has 3 saturated carbocycles. The van der Waals surface area contributed by atoms with Gasteiger partial charge < -0.3 is 36.0 Å². The van der Waals surface area contributed by atoms with Crippen LogP contribution in [0, 0.1) is 23.0 Å². The Kier molecular flexibility index (Phi) is 20.9. The van der Waals surface area contributed by atoms with Gasteiger partial charge in [-0.1, -0.05) is 106 Å². The predicted molar refractivity (Wildman–Crippen MR) is 396 cm³/mol. The van der Waals surface area contributed by atoms with Crippen LogP contribution in [0.2, 0.25) is 30.1 Å². The van der Waals surface area contributed by atoms with Crippen LogP contribution in [0.5, 0.6) is 5.75 Å². The molecule has 40 heteroatoms. The van der Waals surface area contributed by atoms with Crippen LogP contribution in [-0.2, 0) is 70.8 Å². The molecule has 6 N–H and O–H groups in total. The number of hydrogen-bond acceptors (Lipinski definition) is 14. The predicted octanol–water partition coefficient (Wildman–Crippen LogP) is 14.6. The number of halogens is 14. The van der Waals surface area contributed by atoms with Crippen molar-refractivity contribution in [2.45, 2.75) is 124 Å². The number of carbonyl (C=O) groups is 9. The molecular formula is C75H55Cl6F8N13O13. The van der Waals surface area contributed by atoms with Crippen LogP contribution < -0.4 is 35.4 Å². The van der Waals surface area contributed by atoms with E-state index < -0.39 is 122 Å². The molecule has 6 aromatic carbocycles. The Morgan fingerprint density at radius 3 is 1.03 bits per heavy atom. The highest BCUT2D eigenvalue weighted by Crippen LogP contribution is 2.50. The van der Waals surface area contributed by atoms with Crippen LogP contribution in [0.4, 0.5) is 70.0 Å². The van der Waals surface area contributed by atoms with Gasteiger partial charge in [-0.15, -0.1) is 13.2 Å². The zero-order valence-electron chi connectivity index (χ0n) is 59.3. The van der Waals surface area contributed by atoms with E-state index >= 15 is 0 Å². The molecule has 0 radical (unpaired) electrons. The van der Waals surface area contributed by atoms with E-state index in [1.165, 1.54) is 104 Å². The maximum Gasteiger partial charge on any atom is 0.573 e. The first kappa shape index (κ1) is 81.7. The fourth-order valence-electron chi connectivity index (χ4n) is 13.8. The second-order valence-corrected chi connectivity index (χ2v) is 30.9. The number of carboxylic acids is 3. The number of benzene rings is 6. The number of carboxylic acid groups (broad SMARTS) is 3. The first-order valence-electron chi connectivity index (χ1n) is 34.1. The molecule has 596 valence electrons. The number of imidazole rings is 3. The minimum absolute atomic E-state index is 0.0196. The number of fused-ring (bicyclic) bond motifs is 3. The van der Waals surface area contributed by atoms with Gasteiger partial charge in [0.15, 0.2) is 11.6 Å². The quantitative estimate of drug-likeness (QED) is 0.0323. The highest BCUT2D eigenvalue weighted by atomic mass is 35.5. The van der Waals surface area contributed by atoms with Crippen molar-refractivity contribution in [2.24, 2.45) is 0 Å². The number of amides is 6. The number of aliphatic carboxylic acids is 3. The number of hydrogen-bond donors (Lipinski definition) is 6. The van der Waals surface area contributed by atoms with Crippen molar-refractivity contribution in [3.8, 4) is 11.8 Å². The minimum atomic E-state index is -4.89. The summed E-state index contributed by atoms with van der Waals surface area (Å²) in [5.41, 5.74) is -7.40. The van der Waals surface area contributed by atoms with Gasteiger partial charge in [0.25, 0.3) is 35.4 Å². The zero-order valence-corrected chi connectivity index (χ0v) is 63.8. The summed E-state index contributed by atoms with van der Waals surface area (Å²) in [4.78, 5) is 133. The summed E-state index contributed by atoms with van der Waals surface area (Å²) in [5, 5.41) is 44.3. The third-order valence-electron chi connectivity index (χ3n) is 20.3. The fraction of sp³-hybridized carbons (Fsp3) is 0.267.